The summed E-state index contributed by atoms with van der Waals surface area (Å²) in [4.78, 5) is 17.1. The van der Waals surface area contributed by atoms with Crippen molar-refractivity contribution < 1.29 is 4.79 Å². The van der Waals surface area contributed by atoms with Crippen LogP contribution in [0.1, 0.15) is 42.6 Å². The molecule has 0 radical (unpaired) electrons. The second kappa shape index (κ2) is 9.01. The van der Waals surface area contributed by atoms with E-state index in [1.165, 1.54) is 18.4 Å². The van der Waals surface area contributed by atoms with Gasteiger partial charge in [-0.05, 0) is 68.5 Å². The first kappa shape index (κ1) is 19.3. The minimum absolute atomic E-state index is 0.236. The normalized spacial score (nSPS) is 13.8. The fourth-order valence-corrected chi connectivity index (χ4v) is 3.64. The molecule has 148 valence electrons. The van der Waals surface area contributed by atoms with Crippen molar-refractivity contribution in [2.45, 2.75) is 32.1 Å². The highest BCUT2D eigenvalue weighted by molar-refractivity contribution is 6.30. The number of nitrogens with zero attached hydrogens (tertiary/aromatic N) is 4. The molecule has 2 aromatic heterocycles. The number of nitrogens with one attached hydrogen (secondary N) is 1. The molecule has 1 amide bonds. The van der Waals surface area contributed by atoms with E-state index in [-0.39, 0.29) is 11.6 Å². The molecule has 1 aromatic carbocycles. The monoisotopic (exact) mass is 407 g/mol. The minimum Gasteiger partial charge on any atom is -0.350 e. The van der Waals surface area contributed by atoms with Gasteiger partial charge in [0.1, 0.15) is 5.69 Å². The standard InChI is InChI=1S/C22H22ClN5O/c23-18-8-10-19(11-9-18)28-21(17-7-4-13-24-15-17)20(26-27-28)22(29)25-14-12-16-5-2-1-3-6-16/h4-5,7-11,13,15H,1-3,6,12,14H2,(H,25,29). The first-order valence-electron chi connectivity index (χ1n) is 9.80. The number of amides is 1. The van der Waals surface area contributed by atoms with Crippen molar-refractivity contribution >= 4 is 17.5 Å². The first-order chi connectivity index (χ1) is 14.2. The summed E-state index contributed by atoms with van der Waals surface area (Å²) >= 11 is 6.01. The maximum atomic E-state index is 12.9. The lowest BCUT2D eigenvalue weighted by molar-refractivity contribution is 0.0949. The summed E-state index contributed by atoms with van der Waals surface area (Å²) in [6.07, 6.45) is 11.3. The fraction of sp³-hybridized carbons (Fsp3) is 0.273. The molecular formula is C22H22ClN5O. The first-order valence-corrected chi connectivity index (χ1v) is 10.2. The van der Waals surface area contributed by atoms with E-state index in [0.717, 1.165) is 30.5 Å². The predicted octanol–water partition coefficient (Wildman–Crippen LogP) is 4.60. The second-order valence-electron chi connectivity index (χ2n) is 7.03. The van der Waals surface area contributed by atoms with Crippen molar-refractivity contribution in [2.75, 3.05) is 6.54 Å². The van der Waals surface area contributed by atoms with Crippen LogP contribution in [0.2, 0.25) is 5.02 Å². The molecule has 2 heterocycles. The molecule has 0 bridgehead atoms. The van der Waals surface area contributed by atoms with Crippen molar-refractivity contribution in [1.29, 1.82) is 0 Å². The number of halogens is 1. The topological polar surface area (TPSA) is 72.7 Å². The van der Waals surface area contributed by atoms with E-state index in [9.17, 15) is 4.79 Å². The van der Waals surface area contributed by atoms with Crippen molar-refractivity contribution in [1.82, 2.24) is 25.3 Å². The van der Waals surface area contributed by atoms with Gasteiger partial charge in [-0.3, -0.25) is 9.78 Å². The van der Waals surface area contributed by atoms with Crippen molar-refractivity contribution in [3.63, 3.8) is 0 Å². The quantitative estimate of drug-likeness (QED) is 0.606. The lowest BCUT2D eigenvalue weighted by Gasteiger charge is -2.13. The maximum absolute atomic E-state index is 12.9. The van der Waals surface area contributed by atoms with Crippen LogP contribution in [0.15, 0.2) is 60.4 Å². The van der Waals surface area contributed by atoms with Gasteiger partial charge in [0.05, 0.1) is 5.69 Å². The van der Waals surface area contributed by atoms with Crippen LogP contribution in [-0.2, 0) is 0 Å². The van der Waals surface area contributed by atoms with E-state index >= 15 is 0 Å². The zero-order chi connectivity index (χ0) is 20.1. The molecule has 29 heavy (non-hydrogen) atoms. The Kier molecular flexibility index (Phi) is 6.00. The highest BCUT2D eigenvalue weighted by atomic mass is 35.5. The van der Waals surface area contributed by atoms with E-state index in [4.69, 9.17) is 11.6 Å². The maximum Gasteiger partial charge on any atom is 0.274 e. The molecule has 1 aliphatic carbocycles. The van der Waals surface area contributed by atoms with Crippen LogP contribution < -0.4 is 5.32 Å². The van der Waals surface area contributed by atoms with Crippen molar-refractivity contribution in [2.24, 2.45) is 0 Å². The number of hydrogen-bond acceptors (Lipinski definition) is 4. The number of aromatic nitrogens is 4. The Morgan fingerprint density at radius 3 is 2.76 bits per heavy atom. The molecule has 7 heteroatoms. The van der Waals surface area contributed by atoms with E-state index in [1.54, 1.807) is 29.2 Å². The zero-order valence-electron chi connectivity index (χ0n) is 16.0. The van der Waals surface area contributed by atoms with Crippen LogP contribution in [0.4, 0.5) is 0 Å². The van der Waals surface area contributed by atoms with Crippen LogP contribution in [0, 0.1) is 0 Å². The Balaban J connectivity index is 1.60. The van der Waals surface area contributed by atoms with E-state index in [1.807, 2.05) is 24.3 Å². The Morgan fingerprint density at radius 1 is 1.17 bits per heavy atom. The van der Waals surface area contributed by atoms with Crippen LogP contribution in [-0.4, -0.2) is 32.4 Å². The number of rotatable bonds is 6. The highest BCUT2D eigenvalue weighted by Crippen LogP contribution is 2.25. The summed E-state index contributed by atoms with van der Waals surface area (Å²) in [5.74, 6) is -0.236. The van der Waals surface area contributed by atoms with Gasteiger partial charge >= 0.3 is 0 Å². The molecule has 0 aliphatic heterocycles. The van der Waals surface area contributed by atoms with Crippen LogP contribution in [0.3, 0.4) is 0 Å². The summed E-state index contributed by atoms with van der Waals surface area (Å²) in [7, 11) is 0. The molecule has 0 spiro atoms. The number of benzene rings is 1. The van der Waals surface area contributed by atoms with Gasteiger partial charge < -0.3 is 5.32 Å². The molecule has 4 rings (SSSR count). The Morgan fingerprint density at radius 2 is 2.03 bits per heavy atom. The zero-order valence-corrected chi connectivity index (χ0v) is 16.8. The molecule has 0 saturated heterocycles. The summed E-state index contributed by atoms with van der Waals surface area (Å²) in [6.45, 7) is 0.588. The average Bonchev–Trinajstić information content (AvgIpc) is 3.21. The Bertz CT molecular complexity index is 1010. The van der Waals surface area contributed by atoms with Gasteiger partial charge in [0, 0.05) is 29.5 Å². The Hall–Kier alpha value is -2.99. The smallest absolute Gasteiger partial charge is 0.274 e. The second-order valence-corrected chi connectivity index (χ2v) is 7.47. The fourth-order valence-electron chi connectivity index (χ4n) is 3.51. The molecule has 0 unspecified atom stereocenters. The number of carbonyl (C=O) groups excluding carboxylic acids is 1. The molecule has 1 aliphatic rings. The Labute approximate surface area is 174 Å². The number of hydrogen-bond donors (Lipinski definition) is 1. The summed E-state index contributed by atoms with van der Waals surface area (Å²) in [5, 5.41) is 12.0. The van der Waals surface area contributed by atoms with Gasteiger partial charge in [-0.1, -0.05) is 28.5 Å². The van der Waals surface area contributed by atoms with Crippen molar-refractivity contribution in [3.8, 4) is 16.9 Å². The minimum atomic E-state index is -0.236. The third-order valence-corrected chi connectivity index (χ3v) is 5.26. The van der Waals surface area contributed by atoms with Gasteiger partial charge in [0.25, 0.3) is 5.91 Å². The van der Waals surface area contributed by atoms with Gasteiger partial charge in [0.2, 0.25) is 0 Å². The highest BCUT2D eigenvalue weighted by Gasteiger charge is 2.22. The van der Waals surface area contributed by atoms with Gasteiger partial charge in [0.15, 0.2) is 5.69 Å². The molecule has 0 saturated carbocycles. The average molecular weight is 408 g/mol. The van der Waals surface area contributed by atoms with Gasteiger partial charge in [-0.25, -0.2) is 4.68 Å². The van der Waals surface area contributed by atoms with E-state index < -0.39 is 0 Å². The van der Waals surface area contributed by atoms with Crippen LogP contribution in [0.25, 0.3) is 16.9 Å². The number of carbonyl (C=O) groups is 1. The van der Waals surface area contributed by atoms with E-state index in [2.05, 4.69) is 26.7 Å². The van der Waals surface area contributed by atoms with Crippen LogP contribution >= 0.6 is 11.6 Å². The summed E-state index contributed by atoms with van der Waals surface area (Å²) in [5.41, 5.74) is 3.86. The molecule has 1 N–H and O–H groups in total. The third kappa shape index (κ3) is 4.54. The molecule has 0 atom stereocenters. The largest absolute Gasteiger partial charge is 0.350 e. The lowest BCUT2D eigenvalue weighted by atomic mass is 9.97. The molecule has 0 fully saturated rings. The van der Waals surface area contributed by atoms with Crippen LogP contribution in [0.5, 0.6) is 0 Å². The lowest BCUT2D eigenvalue weighted by Crippen LogP contribution is -2.26. The van der Waals surface area contributed by atoms with E-state index in [0.29, 0.717) is 17.3 Å². The summed E-state index contributed by atoms with van der Waals surface area (Å²) < 4.78 is 1.64. The molecule has 3 aromatic rings. The SMILES string of the molecule is O=C(NCCC1=CCCCC1)c1nnn(-c2ccc(Cl)cc2)c1-c1cccnc1. The van der Waals surface area contributed by atoms with Gasteiger partial charge in [-0.2, -0.15) is 0 Å². The molecule has 6 nitrogen and oxygen atoms in total. The number of pyridine rings is 1. The summed E-state index contributed by atoms with van der Waals surface area (Å²) in [6, 6.07) is 11.0. The van der Waals surface area contributed by atoms with Gasteiger partial charge in [-0.15, -0.1) is 5.10 Å². The molecular weight excluding hydrogens is 386 g/mol. The number of allylic oxidation sites excluding steroid dienone is 1. The predicted molar refractivity (Wildman–Crippen MR) is 113 cm³/mol. The van der Waals surface area contributed by atoms with Crippen molar-refractivity contribution in [3.05, 3.63) is 71.2 Å². The third-order valence-electron chi connectivity index (χ3n) is 5.01.